The molecular formula is C15H14N4O2. The highest BCUT2D eigenvalue weighted by molar-refractivity contribution is 5.94. The first-order valence-electron chi connectivity index (χ1n) is 6.58. The van der Waals surface area contributed by atoms with Crippen LogP contribution in [-0.2, 0) is 6.42 Å². The molecule has 3 rings (SSSR count). The average molecular weight is 282 g/mol. The molecule has 2 aromatic heterocycles. The highest BCUT2D eigenvalue weighted by Gasteiger charge is 2.06. The topological polar surface area (TPSA) is 73.0 Å². The Morgan fingerprint density at radius 1 is 1.14 bits per heavy atom. The van der Waals surface area contributed by atoms with E-state index < -0.39 is 0 Å². The van der Waals surface area contributed by atoms with Gasteiger partial charge in [-0.2, -0.15) is 0 Å². The van der Waals surface area contributed by atoms with Gasteiger partial charge in [0.25, 0.3) is 5.91 Å². The average Bonchev–Trinajstić information content (AvgIpc) is 3.21. The Balaban J connectivity index is 1.57. The van der Waals surface area contributed by atoms with E-state index in [1.165, 1.54) is 0 Å². The van der Waals surface area contributed by atoms with Crippen LogP contribution in [0, 0.1) is 0 Å². The fourth-order valence-electron chi connectivity index (χ4n) is 1.98. The zero-order valence-electron chi connectivity index (χ0n) is 11.3. The first-order chi connectivity index (χ1) is 10.3. The Bertz CT molecular complexity index is 688. The van der Waals surface area contributed by atoms with Crippen molar-refractivity contribution in [2.75, 3.05) is 6.54 Å². The van der Waals surface area contributed by atoms with Crippen LogP contribution in [0.1, 0.15) is 16.1 Å². The van der Waals surface area contributed by atoms with Gasteiger partial charge in [-0.3, -0.25) is 9.36 Å². The summed E-state index contributed by atoms with van der Waals surface area (Å²) in [7, 11) is 0. The second-order valence-electron chi connectivity index (χ2n) is 4.50. The van der Waals surface area contributed by atoms with Gasteiger partial charge in [0.05, 0.1) is 6.26 Å². The number of hydrogen-bond donors (Lipinski definition) is 1. The van der Waals surface area contributed by atoms with Crippen LogP contribution in [0.2, 0.25) is 0 Å². The number of carbonyl (C=O) groups is 1. The number of aromatic nitrogens is 3. The molecule has 3 aromatic rings. The van der Waals surface area contributed by atoms with Gasteiger partial charge in [0.1, 0.15) is 18.4 Å². The maximum absolute atomic E-state index is 12.0. The van der Waals surface area contributed by atoms with Crippen LogP contribution in [-0.4, -0.2) is 27.2 Å². The van der Waals surface area contributed by atoms with Crippen LogP contribution >= 0.6 is 0 Å². The predicted octanol–water partition coefficient (Wildman–Crippen LogP) is 1.83. The Morgan fingerprint density at radius 2 is 1.90 bits per heavy atom. The Labute approximate surface area is 121 Å². The van der Waals surface area contributed by atoms with Gasteiger partial charge in [-0.05, 0) is 36.4 Å². The van der Waals surface area contributed by atoms with Crippen molar-refractivity contribution in [2.45, 2.75) is 6.42 Å². The van der Waals surface area contributed by atoms with Crippen molar-refractivity contribution in [3.8, 4) is 5.69 Å². The standard InChI is InChI=1S/C15H14N4O2/c20-15(16-8-7-14-2-1-9-21-14)12-3-5-13(6-4-12)19-10-17-18-11-19/h1-6,9-11H,7-8H2,(H,16,20). The molecule has 106 valence electrons. The van der Waals surface area contributed by atoms with Gasteiger partial charge in [-0.1, -0.05) is 0 Å². The molecule has 21 heavy (non-hydrogen) atoms. The quantitative estimate of drug-likeness (QED) is 0.775. The van der Waals surface area contributed by atoms with Crippen LogP contribution < -0.4 is 5.32 Å². The molecule has 2 heterocycles. The molecule has 0 aliphatic carbocycles. The number of carbonyl (C=O) groups excluding carboxylic acids is 1. The number of furan rings is 1. The molecule has 0 saturated carbocycles. The third kappa shape index (κ3) is 3.17. The van der Waals surface area contributed by atoms with Gasteiger partial charge >= 0.3 is 0 Å². The van der Waals surface area contributed by atoms with E-state index in [4.69, 9.17) is 4.42 Å². The van der Waals surface area contributed by atoms with Crippen molar-refractivity contribution in [3.63, 3.8) is 0 Å². The van der Waals surface area contributed by atoms with Crippen molar-refractivity contribution >= 4 is 5.91 Å². The number of nitrogens with zero attached hydrogens (tertiary/aromatic N) is 3. The van der Waals surface area contributed by atoms with Crippen LogP contribution in [0.4, 0.5) is 0 Å². The summed E-state index contributed by atoms with van der Waals surface area (Å²) in [6.45, 7) is 0.541. The lowest BCUT2D eigenvalue weighted by molar-refractivity contribution is 0.0953. The van der Waals surface area contributed by atoms with E-state index in [-0.39, 0.29) is 5.91 Å². The summed E-state index contributed by atoms with van der Waals surface area (Å²) < 4.78 is 6.99. The summed E-state index contributed by atoms with van der Waals surface area (Å²) in [4.78, 5) is 12.0. The van der Waals surface area contributed by atoms with Crippen LogP contribution in [0.3, 0.4) is 0 Å². The van der Waals surface area contributed by atoms with Gasteiger partial charge in [0.2, 0.25) is 0 Å². The van der Waals surface area contributed by atoms with Crippen molar-refractivity contribution in [2.24, 2.45) is 0 Å². The summed E-state index contributed by atoms with van der Waals surface area (Å²) in [5.41, 5.74) is 1.53. The third-order valence-electron chi connectivity index (χ3n) is 3.08. The fraction of sp³-hybridized carbons (Fsp3) is 0.133. The van der Waals surface area contributed by atoms with Crippen molar-refractivity contribution in [1.29, 1.82) is 0 Å². The van der Waals surface area contributed by atoms with E-state index in [9.17, 15) is 4.79 Å². The van der Waals surface area contributed by atoms with E-state index in [2.05, 4.69) is 15.5 Å². The van der Waals surface area contributed by atoms with E-state index in [0.717, 1.165) is 11.4 Å². The van der Waals surface area contributed by atoms with Gasteiger partial charge < -0.3 is 9.73 Å². The lowest BCUT2D eigenvalue weighted by Gasteiger charge is -2.05. The first kappa shape index (κ1) is 13.1. The summed E-state index contributed by atoms with van der Waals surface area (Å²) in [6.07, 6.45) is 5.52. The molecule has 0 aliphatic rings. The van der Waals surface area contributed by atoms with E-state index in [1.54, 1.807) is 35.6 Å². The number of amides is 1. The minimum Gasteiger partial charge on any atom is -0.469 e. The Hall–Kier alpha value is -2.89. The lowest BCUT2D eigenvalue weighted by atomic mass is 10.2. The monoisotopic (exact) mass is 282 g/mol. The molecule has 1 amide bonds. The molecule has 0 aliphatic heterocycles. The highest BCUT2D eigenvalue weighted by Crippen LogP contribution is 2.08. The second kappa shape index (κ2) is 6.04. The molecule has 0 unspecified atom stereocenters. The maximum Gasteiger partial charge on any atom is 0.251 e. The zero-order valence-corrected chi connectivity index (χ0v) is 11.3. The van der Waals surface area contributed by atoms with Crippen molar-refractivity contribution in [1.82, 2.24) is 20.1 Å². The molecular weight excluding hydrogens is 268 g/mol. The molecule has 0 saturated heterocycles. The number of hydrogen-bond acceptors (Lipinski definition) is 4. The summed E-state index contributed by atoms with van der Waals surface area (Å²) >= 11 is 0. The molecule has 1 N–H and O–H groups in total. The summed E-state index contributed by atoms with van der Waals surface area (Å²) in [5, 5.41) is 10.4. The summed E-state index contributed by atoms with van der Waals surface area (Å²) in [6, 6.07) is 11.0. The fourth-order valence-corrected chi connectivity index (χ4v) is 1.98. The maximum atomic E-state index is 12.0. The van der Waals surface area contributed by atoms with Crippen molar-refractivity contribution < 1.29 is 9.21 Å². The lowest BCUT2D eigenvalue weighted by Crippen LogP contribution is -2.25. The van der Waals surface area contributed by atoms with Crippen LogP contribution in [0.15, 0.2) is 59.7 Å². The molecule has 0 fully saturated rings. The molecule has 0 radical (unpaired) electrons. The molecule has 0 bridgehead atoms. The number of nitrogens with one attached hydrogen (secondary N) is 1. The normalized spacial score (nSPS) is 10.5. The highest BCUT2D eigenvalue weighted by atomic mass is 16.3. The SMILES string of the molecule is O=C(NCCc1ccco1)c1ccc(-n2cnnc2)cc1. The predicted molar refractivity (Wildman–Crippen MR) is 76.1 cm³/mol. The first-order valence-corrected chi connectivity index (χ1v) is 6.58. The minimum absolute atomic E-state index is 0.100. The van der Waals surface area contributed by atoms with E-state index >= 15 is 0 Å². The smallest absolute Gasteiger partial charge is 0.251 e. The van der Waals surface area contributed by atoms with Gasteiger partial charge in [0, 0.05) is 24.2 Å². The number of benzene rings is 1. The largest absolute Gasteiger partial charge is 0.469 e. The van der Waals surface area contributed by atoms with Gasteiger partial charge in [-0.15, -0.1) is 10.2 Å². The number of rotatable bonds is 5. The molecule has 0 atom stereocenters. The summed E-state index contributed by atoms with van der Waals surface area (Å²) in [5.74, 6) is 0.759. The van der Waals surface area contributed by atoms with Gasteiger partial charge in [-0.25, -0.2) is 0 Å². The Kier molecular flexibility index (Phi) is 3.77. The van der Waals surface area contributed by atoms with E-state index in [1.807, 2.05) is 24.3 Å². The molecule has 6 heteroatoms. The minimum atomic E-state index is -0.100. The zero-order chi connectivity index (χ0) is 14.5. The van der Waals surface area contributed by atoms with E-state index in [0.29, 0.717) is 18.5 Å². The van der Waals surface area contributed by atoms with Crippen molar-refractivity contribution in [3.05, 3.63) is 66.6 Å². The van der Waals surface area contributed by atoms with Crippen LogP contribution in [0.25, 0.3) is 5.69 Å². The molecule has 6 nitrogen and oxygen atoms in total. The third-order valence-corrected chi connectivity index (χ3v) is 3.08. The van der Waals surface area contributed by atoms with Crippen LogP contribution in [0.5, 0.6) is 0 Å². The molecule has 0 spiro atoms. The second-order valence-corrected chi connectivity index (χ2v) is 4.50. The molecule has 1 aromatic carbocycles. The van der Waals surface area contributed by atoms with Gasteiger partial charge in [0.15, 0.2) is 0 Å². The Morgan fingerprint density at radius 3 is 2.57 bits per heavy atom.